The van der Waals surface area contributed by atoms with Gasteiger partial charge < -0.3 is 4.84 Å². The van der Waals surface area contributed by atoms with Crippen LogP contribution in [0.1, 0.15) is 84.6 Å². The van der Waals surface area contributed by atoms with Crippen molar-refractivity contribution in [2.45, 2.75) is 89.1 Å². The first-order chi connectivity index (χ1) is 14.1. The molecule has 0 radical (unpaired) electrons. The zero-order chi connectivity index (χ0) is 21.8. The van der Waals surface area contributed by atoms with Crippen molar-refractivity contribution >= 4 is 28.8 Å². The Bertz CT molecular complexity index is 772. The molecule has 0 spiro atoms. The molecule has 0 amide bonds. The second-order valence-electron chi connectivity index (χ2n) is 10.3. The van der Waals surface area contributed by atoms with Gasteiger partial charge in [-0.15, -0.1) is 0 Å². The summed E-state index contributed by atoms with van der Waals surface area (Å²) in [6.45, 7) is 9.91. The molecule has 0 N–H and O–H groups in total. The Morgan fingerprint density at radius 1 is 1.20 bits per heavy atom. The normalized spacial score (nSPS) is 34.7. The van der Waals surface area contributed by atoms with Gasteiger partial charge in [0.2, 0.25) is 0 Å². The molecule has 0 aromatic heterocycles. The summed E-state index contributed by atoms with van der Waals surface area (Å²) in [6.07, 6.45) is 14.4. The van der Waals surface area contributed by atoms with E-state index in [4.69, 9.17) is 4.84 Å². The minimum Gasteiger partial charge on any atom is -0.391 e. The van der Waals surface area contributed by atoms with E-state index in [1.54, 1.807) is 17.7 Å². The van der Waals surface area contributed by atoms with Crippen molar-refractivity contribution < 1.29 is 9.23 Å². The summed E-state index contributed by atoms with van der Waals surface area (Å²) >= 11 is 2.66. The number of halogens is 2. The number of allylic oxidation sites excluding steroid dienone is 2. The van der Waals surface area contributed by atoms with Gasteiger partial charge in [0, 0.05) is 15.1 Å². The van der Waals surface area contributed by atoms with Gasteiger partial charge in [0.15, 0.2) is 0 Å². The molecule has 1 fully saturated rings. The first kappa shape index (κ1) is 23.7. The zero-order valence-corrected chi connectivity index (χ0v) is 21.2. The van der Waals surface area contributed by atoms with Gasteiger partial charge in [-0.05, 0) is 67.6 Å². The molecule has 30 heavy (non-hydrogen) atoms. The summed E-state index contributed by atoms with van der Waals surface area (Å²) in [5.74, 6) is 0.488. The number of alkyl halides is 1. The Morgan fingerprint density at radius 2 is 1.93 bits per heavy atom. The predicted molar refractivity (Wildman–Crippen MR) is 133 cm³/mol. The van der Waals surface area contributed by atoms with Crippen LogP contribution in [0.2, 0.25) is 0 Å². The molecule has 0 aliphatic heterocycles. The van der Waals surface area contributed by atoms with Gasteiger partial charge in [-0.3, -0.25) is 0 Å². The minimum absolute atomic E-state index is 0.0540. The van der Waals surface area contributed by atoms with Crippen molar-refractivity contribution in [1.82, 2.24) is 0 Å². The average molecular weight is 525 g/mol. The number of rotatable bonds is 7. The van der Waals surface area contributed by atoms with Crippen LogP contribution in [0, 0.1) is 22.6 Å². The van der Waals surface area contributed by atoms with Crippen molar-refractivity contribution in [1.29, 1.82) is 0 Å². The Morgan fingerprint density at radius 3 is 2.63 bits per heavy atom. The van der Waals surface area contributed by atoms with E-state index in [1.807, 2.05) is 6.21 Å². The molecule has 2 aliphatic rings. The quantitative estimate of drug-likeness (QED) is 0.116. The molecule has 4 atom stereocenters. The van der Waals surface area contributed by atoms with E-state index in [0.29, 0.717) is 15.9 Å². The Balaban J connectivity index is 1.67. The van der Waals surface area contributed by atoms with E-state index < -0.39 is 0 Å². The van der Waals surface area contributed by atoms with E-state index in [1.165, 1.54) is 50.7 Å². The SMILES string of the molecule is CCCC1C[C@@](C)(I)CC=C1[C@]1(C)CCC[C@@](C)(/C=N/OCc2ccc(F)cc2)C1. The molecule has 0 bridgehead atoms. The van der Waals surface area contributed by atoms with Gasteiger partial charge in [0.1, 0.15) is 12.4 Å². The molecule has 1 aromatic carbocycles. The smallest absolute Gasteiger partial charge is 0.142 e. The number of oxime groups is 1. The van der Waals surface area contributed by atoms with Gasteiger partial charge in [-0.1, -0.05) is 92.1 Å². The highest BCUT2D eigenvalue weighted by Crippen LogP contribution is 2.55. The fourth-order valence-electron chi connectivity index (χ4n) is 5.71. The van der Waals surface area contributed by atoms with Crippen LogP contribution in [0.25, 0.3) is 0 Å². The summed E-state index contributed by atoms with van der Waals surface area (Å²) in [5.41, 5.74) is 2.95. The highest BCUT2D eigenvalue weighted by atomic mass is 127. The summed E-state index contributed by atoms with van der Waals surface area (Å²) in [4.78, 5) is 5.56. The van der Waals surface area contributed by atoms with Gasteiger partial charge in [-0.25, -0.2) is 4.39 Å². The molecule has 2 nitrogen and oxygen atoms in total. The first-order valence-electron chi connectivity index (χ1n) is 11.5. The molecule has 0 saturated heterocycles. The number of hydrogen-bond donors (Lipinski definition) is 0. The number of benzene rings is 1. The standard InChI is InChI=1S/C26H37FINO/c1-5-7-21-16-26(4,28)15-12-23(21)25(3)14-6-13-24(2,18-25)19-29-30-17-20-8-10-22(27)11-9-20/h8-12,19,21H,5-7,13-18H2,1-4H3/b29-19+/t21?,24-,25-,26+/m1/s1. The molecule has 0 heterocycles. The minimum atomic E-state index is -0.225. The molecule has 1 aromatic rings. The van der Waals surface area contributed by atoms with Crippen LogP contribution in [0.4, 0.5) is 4.39 Å². The van der Waals surface area contributed by atoms with E-state index in [0.717, 1.165) is 18.4 Å². The highest BCUT2D eigenvalue weighted by molar-refractivity contribution is 14.1. The average Bonchev–Trinajstić information content (AvgIpc) is 2.66. The summed E-state index contributed by atoms with van der Waals surface area (Å²) in [6, 6.07) is 6.41. The number of hydrogen-bond acceptors (Lipinski definition) is 2. The van der Waals surface area contributed by atoms with Crippen LogP contribution in [0.15, 0.2) is 41.1 Å². The Kier molecular flexibility index (Phi) is 7.68. The van der Waals surface area contributed by atoms with Gasteiger partial charge >= 0.3 is 0 Å². The second kappa shape index (κ2) is 9.70. The zero-order valence-electron chi connectivity index (χ0n) is 19.0. The van der Waals surface area contributed by atoms with Crippen molar-refractivity contribution in [3.63, 3.8) is 0 Å². The molecule has 2 aliphatic carbocycles. The van der Waals surface area contributed by atoms with Gasteiger partial charge in [-0.2, -0.15) is 0 Å². The summed E-state index contributed by atoms with van der Waals surface area (Å²) < 4.78 is 13.4. The Hall–Kier alpha value is -0.910. The third kappa shape index (κ3) is 6.08. The number of nitrogens with zero attached hydrogens (tertiary/aromatic N) is 1. The van der Waals surface area contributed by atoms with Crippen molar-refractivity contribution in [2.24, 2.45) is 21.9 Å². The third-order valence-corrected chi connectivity index (χ3v) is 7.93. The van der Waals surface area contributed by atoms with Crippen molar-refractivity contribution in [3.8, 4) is 0 Å². The maximum Gasteiger partial charge on any atom is 0.142 e. The van der Waals surface area contributed by atoms with Crippen LogP contribution >= 0.6 is 22.6 Å². The highest BCUT2D eigenvalue weighted by Gasteiger charge is 2.44. The summed E-state index contributed by atoms with van der Waals surface area (Å²) in [5, 5.41) is 4.33. The first-order valence-corrected chi connectivity index (χ1v) is 12.5. The fourth-order valence-corrected chi connectivity index (χ4v) is 6.46. The molecule has 4 heteroatoms. The molecular formula is C26H37FINO. The largest absolute Gasteiger partial charge is 0.391 e. The van der Waals surface area contributed by atoms with Crippen LogP contribution < -0.4 is 0 Å². The predicted octanol–water partition coefficient (Wildman–Crippen LogP) is 8.24. The van der Waals surface area contributed by atoms with E-state index >= 15 is 0 Å². The van der Waals surface area contributed by atoms with Crippen LogP contribution in [0.3, 0.4) is 0 Å². The van der Waals surface area contributed by atoms with E-state index in [2.05, 4.69) is 61.5 Å². The lowest BCUT2D eigenvalue weighted by molar-refractivity contribution is 0.118. The molecule has 1 saturated carbocycles. The summed E-state index contributed by atoms with van der Waals surface area (Å²) in [7, 11) is 0. The van der Waals surface area contributed by atoms with Gasteiger partial charge in [0.05, 0.1) is 0 Å². The molecular weight excluding hydrogens is 488 g/mol. The van der Waals surface area contributed by atoms with Crippen LogP contribution in [-0.4, -0.2) is 9.64 Å². The molecule has 166 valence electrons. The van der Waals surface area contributed by atoms with Crippen LogP contribution in [0.5, 0.6) is 0 Å². The lowest BCUT2D eigenvalue weighted by atomic mass is 9.57. The fraction of sp³-hybridized carbons (Fsp3) is 0.654. The monoisotopic (exact) mass is 525 g/mol. The maximum atomic E-state index is 13.0. The van der Waals surface area contributed by atoms with Crippen molar-refractivity contribution in [3.05, 3.63) is 47.3 Å². The second-order valence-corrected chi connectivity index (χ2v) is 13.0. The van der Waals surface area contributed by atoms with Crippen LogP contribution in [-0.2, 0) is 11.4 Å². The maximum absolute atomic E-state index is 13.0. The lowest BCUT2D eigenvalue weighted by Crippen LogP contribution is -2.39. The van der Waals surface area contributed by atoms with E-state index in [-0.39, 0.29) is 16.6 Å². The molecule has 3 rings (SSSR count). The topological polar surface area (TPSA) is 21.6 Å². The Labute approximate surface area is 195 Å². The van der Waals surface area contributed by atoms with Gasteiger partial charge in [0.25, 0.3) is 0 Å². The lowest BCUT2D eigenvalue weighted by Gasteiger charge is -2.48. The third-order valence-electron chi connectivity index (χ3n) is 7.05. The molecule has 1 unspecified atom stereocenters. The van der Waals surface area contributed by atoms with E-state index in [9.17, 15) is 4.39 Å². The van der Waals surface area contributed by atoms with Crippen molar-refractivity contribution in [2.75, 3.05) is 0 Å².